The lowest BCUT2D eigenvalue weighted by Gasteiger charge is -2.24. The minimum Gasteiger partial charge on any atom is -0.493 e. The summed E-state index contributed by atoms with van der Waals surface area (Å²) in [6, 6.07) is 12.1. The molecule has 2 N–H and O–H groups in total. The van der Waals surface area contributed by atoms with Crippen LogP contribution in [0.2, 0.25) is 0 Å². The Balaban J connectivity index is 2.07. The summed E-state index contributed by atoms with van der Waals surface area (Å²) < 4.78 is 10.8. The molecule has 2 rings (SSSR count). The third kappa shape index (κ3) is 6.94. The fourth-order valence-corrected chi connectivity index (χ4v) is 3.00. The van der Waals surface area contributed by atoms with E-state index in [1.54, 1.807) is 14.2 Å². The average molecular weight is 400 g/mol. The van der Waals surface area contributed by atoms with Crippen LogP contribution in [0.1, 0.15) is 24.2 Å². The molecular weight excluding hydrogens is 366 g/mol. The fraction of sp³-hybridized carbons (Fsp3) is 0.455. The highest BCUT2D eigenvalue weighted by Crippen LogP contribution is 2.31. The number of rotatable bonds is 10. The number of nitrogens with one attached hydrogen (secondary N) is 2. The monoisotopic (exact) mass is 399 g/mol. The van der Waals surface area contributed by atoms with Crippen LogP contribution in [0.4, 0.5) is 0 Å². The number of benzene rings is 1. The number of hydrogen-bond donors (Lipinski definition) is 2. The first-order chi connectivity index (χ1) is 14.1. The van der Waals surface area contributed by atoms with Gasteiger partial charge in [-0.2, -0.15) is 0 Å². The van der Waals surface area contributed by atoms with E-state index < -0.39 is 0 Å². The molecule has 0 saturated carbocycles. The highest BCUT2D eigenvalue weighted by molar-refractivity contribution is 5.79. The molecule has 1 unspecified atom stereocenters. The summed E-state index contributed by atoms with van der Waals surface area (Å²) in [6.07, 6.45) is 2.66. The lowest BCUT2D eigenvalue weighted by Crippen LogP contribution is -2.39. The Labute approximate surface area is 174 Å². The highest BCUT2D eigenvalue weighted by Gasteiger charge is 2.16. The molecule has 1 aromatic heterocycles. The van der Waals surface area contributed by atoms with E-state index in [1.165, 1.54) is 0 Å². The Morgan fingerprint density at radius 3 is 2.52 bits per heavy atom. The van der Waals surface area contributed by atoms with Gasteiger partial charge in [-0.1, -0.05) is 12.1 Å². The van der Waals surface area contributed by atoms with Crippen molar-refractivity contribution >= 4 is 5.96 Å². The van der Waals surface area contributed by atoms with Crippen molar-refractivity contribution in [2.75, 3.05) is 47.9 Å². The Hall–Kier alpha value is -2.80. The smallest absolute Gasteiger partial charge is 0.191 e. The summed E-state index contributed by atoms with van der Waals surface area (Å²) in [5.74, 6) is 2.25. The molecule has 0 bridgehead atoms. The van der Waals surface area contributed by atoms with E-state index in [0.717, 1.165) is 48.2 Å². The summed E-state index contributed by atoms with van der Waals surface area (Å²) in [6.45, 7) is 4.25. The van der Waals surface area contributed by atoms with E-state index in [2.05, 4.69) is 47.6 Å². The topological polar surface area (TPSA) is 71.0 Å². The lowest BCUT2D eigenvalue weighted by molar-refractivity contribution is 0.303. The first-order valence-electron chi connectivity index (χ1n) is 9.89. The zero-order valence-electron chi connectivity index (χ0n) is 18.1. The molecule has 0 radical (unpaired) electrons. The predicted molar refractivity (Wildman–Crippen MR) is 118 cm³/mol. The molecule has 1 aromatic carbocycles. The van der Waals surface area contributed by atoms with Crippen LogP contribution in [-0.2, 0) is 6.42 Å². The Bertz CT molecular complexity index is 765. The van der Waals surface area contributed by atoms with Gasteiger partial charge in [0.25, 0.3) is 0 Å². The van der Waals surface area contributed by atoms with E-state index in [9.17, 15) is 0 Å². The molecule has 158 valence electrons. The number of hydrogen-bond acceptors (Lipinski definition) is 5. The zero-order valence-corrected chi connectivity index (χ0v) is 18.1. The van der Waals surface area contributed by atoms with Gasteiger partial charge < -0.3 is 25.0 Å². The molecule has 1 atom stereocenters. The quantitative estimate of drug-likeness (QED) is 0.473. The first kappa shape index (κ1) is 22.5. The minimum atomic E-state index is 0.112. The molecule has 0 saturated heterocycles. The standard InChI is InChI=1S/C22H33N5O2/c1-6-23-22(25-14-12-18-9-7-8-13-24-18)26-16-19(27(2)3)17-10-11-20(28-4)21(15-17)29-5/h7-11,13,15,19H,6,12,14,16H2,1-5H3,(H2,23,25,26). The number of likely N-dealkylation sites (N-methyl/N-ethyl adjacent to an activating group) is 1. The molecule has 0 spiro atoms. The third-order valence-electron chi connectivity index (χ3n) is 4.58. The van der Waals surface area contributed by atoms with Crippen molar-refractivity contribution in [1.29, 1.82) is 0 Å². The Morgan fingerprint density at radius 1 is 1.10 bits per heavy atom. The Kier molecular flexibility index (Phi) is 9.24. The van der Waals surface area contributed by atoms with E-state index in [0.29, 0.717) is 6.54 Å². The summed E-state index contributed by atoms with van der Waals surface area (Å²) in [4.78, 5) is 11.3. The molecule has 1 heterocycles. The maximum absolute atomic E-state index is 5.46. The zero-order chi connectivity index (χ0) is 21.1. The number of aromatic nitrogens is 1. The van der Waals surface area contributed by atoms with Crippen molar-refractivity contribution in [3.05, 3.63) is 53.9 Å². The van der Waals surface area contributed by atoms with E-state index in [1.807, 2.05) is 36.5 Å². The number of pyridine rings is 1. The van der Waals surface area contributed by atoms with Gasteiger partial charge in [0.05, 0.1) is 26.8 Å². The van der Waals surface area contributed by atoms with Gasteiger partial charge in [0.15, 0.2) is 17.5 Å². The van der Waals surface area contributed by atoms with Gasteiger partial charge in [0.2, 0.25) is 0 Å². The average Bonchev–Trinajstić information content (AvgIpc) is 2.74. The van der Waals surface area contributed by atoms with Crippen LogP contribution >= 0.6 is 0 Å². The number of nitrogens with zero attached hydrogens (tertiary/aromatic N) is 3. The number of methoxy groups -OCH3 is 2. The SMILES string of the molecule is CCNC(=NCC(c1ccc(OC)c(OC)c1)N(C)C)NCCc1ccccn1. The summed E-state index contributed by atoms with van der Waals surface area (Å²) in [7, 11) is 7.40. The fourth-order valence-electron chi connectivity index (χ4n) is 3.00. The van der Waals surface area contributed by atoms with Gasteiger partial charge in [-0.15, -0.1) is 0 Å². The van der Waals surface area contributed by atoms with Crippen LogP contribution in [0.15, 0.2) is 47.6 Å². The van der Waals surface area contributed by atoms with Gasteiger partial charge in [-0.05, 0) is 50.8 Å². The molecule has 7 heteroatoms. The third-order valence-corrected chi connectivity index (χ3v) is 4.58. The van der Waals surface area contributed by atoms with Crippen LogP contribution < -0.4 is 20.1 Å². The van der Waals surface area contributed by atoms with Crippen molar-refractivity contribution in [1.82, 2.24) is 20.5 Å². The van der Waals surface area contributed by atoms with Gasteiger partial charge in [0.1, 0.15) is 0 Å². The number of guanidine groups is 1. The van der Waals surface area contributed by atoms with Crippen molar-refractivity contribution < 1.29 is 9.47 Å². The summed E-state index contributed by atoms with van der Waals surface area (Å²) in [5.41, 5.74) is 2.19. The molecule has 0 amide bonds. The van der Waals surface area contributed by atoms with Crippen molar-refractivity contribution in [3.63, 3.8) is 0 Å². The van der Waals surface area contributed by atoms with Gasteiger partial charge in [0, 0.05) is 31.4 Å². The molecule has 0 aliphatic rings. The highest BCUT2D eigenvalue weighted by atomic mass is 16.5. The normalized spacial score (nSPS) is 12.6. The molecule has 7 nitrogen and oxygen atoms in total. The van der Waals surface area contributed by atoms with Crippen molar-refractivity contribution in [2.45, 2.75) is 19.4 Å². The summed E-state index contributed by atoms with van der Waals surface area (Å²) >= 11 is 0. The van der Waals surface area contributed by atoms with Crippen LogP contribution in [0, 0.1) is 0 Å². The minimum absolute atomic E-state index is 0.112. The number of ether oxygens (including phenoxy) is 2. The molecule has 0 aliphatic carbocycles. The lowest BCUT2D eigenvalue weighted by atomic mass is 10.1. The second kappa shape index (κ2) is 11.9. The van der Waals surface area contributed by atoms with E-state index in [-0.39, 0.29) is 6.04 Å². The molecular formula is C22H33N5O2. The van der Waals surface area contributed by atoms with Gasteiger partial charge in [-0.3, -0.25) is 9.98 Å². The van der Waals surface area contributed by atoms with Crippen LogP contribution in [-0.4, -0.2) is 63.8 Å². The second-order valence-corrected chi connectivity index (χ2v) is 6.81. The van der Waals surface area contributed by atoms with Crippen LogP contribution in [0.3, 0.4) is 0 Å². The maximum Gasteiger partial charge on any atom is 0.191 e. The van der Waals surface area contributed by atoms with Crippen molar-refractivity contribution in [3.8, 4) is 11.5 Å². The maximum atomic E-state index is 5.46. The number of aliphatic imine (C=N–C) groups is 1. The molecule has 2 aromatic rings. The van der Waals surface area contributed by atoms with Gasteiger partial charge in [-0.25, -0.2) is 0 Å². The van der Waals surface area contributed by atoms with Gasteiger partial charge >= 0.3 is 0 Å². The van der Waals surface area contributed by atoms with Crippen molar-refractivity contribution in [2.24, 2.45) is 4.99 Å². The predicted octanol–water partition coefficient (Wildman–Crippen LogP) is 2.50. The van der Waals surface area contributed by atoms with E-state index >= 15 is 0 Å². The Morgan fingerprint density at radius 2 is 1.90 bits per heavy atom. The van der Waals surface area contributed by atoms with E-state index in [4.69, 9.17) is 14.5 Å². The second-order valence-electron chi connectivity index (χ2n) is 6.81. The largest absolute Gasteiger partial charge is 0.493 e. The molecule has 29 heavy (non-hydrogen) atoms. The molecule has 0 aliphatic heterocycles. The van der Waals surface area contributed by atoms with Crippen LogP contribution in [0.5, 0.6) is 11.5 Å². The molecule has 0 fully saturated rings. The summed E-state index contributed by atoms with van der Waals surface area (Å²) in [5, 5.41) is 6.70. The first-order valence-corrected chi connectivity index (χ1v) is 9.89. The van der Waals surface area contributed by atoms with Crippen LogP contribution in [0.25, 0.3) is 0 Å².